The molecule has 0 spiro atoms. The number of hydrogen-bond acceptors (Lipinski definition) is 4. The third-order valence-corrected chi connectivity index (χ3v) is 4.20. The zero-order valence-electron chi connectivity index (χ0n) is 13.2. The number of fused-ring (bicyclic) bond motifs is 1. The Morgan fingerprint density at radius 3 is 2.71 bits per heavy atom. The van der Waals surface area contributed by atoms with Gasteiger partial charge in [-0.1, -0.05) is 20.8 Å². The van der Waals surface area contributed by atoms with E-state index in [2.05, 4.69) is 32.2 Å². The van der Waals surface area contributed by atoms with Crippen LogP contribution in [0.5, 0.6) is 0 Å². The maximum Gasteiger partial charge on any atom is 0.144 e. The lowest BCUT2D eigenvalue weighted by Crippen LogP contribution is -2.35. The minimum Gasteiger partial charge on any atom is -0.396 e. The molecular weight excluding hydrogens is 262 g/mol. The number of hydrogen-bond donors (Lipinski definition) is 2. The first-order valence-electron chi connectivity index (χ1n) is 7.76. The predicted octanol–water partition coefficient (Wildman–Crippen LogP) is 3.04. The Kier molecular flexibility index (Phi) is 4.84. The van der Waals surface area contributed by atoms with Crippen molar-refractivity contribution in [1.82, 2.24) is 4.98 Å². The topological polar surface area (TPSA) is 68.9 Å². The van der Waals surface area contributed by atoms with Crippen LogP contribution in [-0.4, -0.2) is 22.7 Å². The molecule has 2 rings (SSSR count). The van der Waals surface area contributed by atoms with Crippen LogP contribution in [-0.2, 0) is 12.8 Å². The predicted molar refractivity (Wildman–Crippen MR) is 84.2 cm³/mol. The van der Waals surface area contributed by atoms with Crippen molar-refractivity contribution in [2.45, 2.75) is 58.9 Å². The Labute approximate surface area is 127 Å². The average Bonchev–Trinajstić information content (AvgIpc) is 2.45. The Bertz CT molecular complexity index is 540. The van der Waals surface area contributed by atoms with Crippen LogP contribution in [0.1, 0.15) is 56.9 Å². The number of aromatic nitrogens is 1. The zero-order chi connectivity index (χ0) is 15.5. The van der Waals surface area contributed by atoms with Crippen LogP contribution in [0, 0.1) is 16.7 Å². The van der Waals surface area contributed by atoms with E-state index in [0.717, 1.165) is 18.5 Å². The van der Waals surface area contributed by atoms with Crippen molar-refractivity contribution in [3.63, 3.8) is 0 Å². The van der Waals surface area contributed by atoms with E-state index in [1.807, 2.05) is 6.07 Å². The Morgan fingerprint density at radius 2 is 2.10 bits per heavy atom. The molecule has 1 heterocycles. The van der Waals surface area contributed by atoms with Gasteiger partial charge in [-0.2, -0.15) is 5.26 Å². The van der Waals surface area contributed by atoms with Gasteiger partial charge in [-0.15, -0.1) is 0 Å². The first-order valence-corrected chi connectivity index (χ1v) is 7.76. The van der Waals surface area contributed by atoms with E-state index in [1.54, 1.807) is 0 Å². The van der Waals surface area contributed by atoms with Gasteiger partial charge >= 0.3 is 0 Å². The number of aliphatic hydroxyl groups is 1. The highest BCUT2D eigenvalue weighted by atomic mass is 16.3. The molecule has 4 nitrogen and oxygen atoms in total. The van der Waals surface area contributed by atoms with Gasteiger partial charge in [0.15, 0.2) is 0 Å². The standard InChI is InChI=1S/C17H25N3O/c1-17(2,3)15(8-9-21)20-16-13(11-18)10-12-6-4-5-7-14(12)19-16/h10,15,21H,4-9H2,1-3H3,(H,19,20). The normalized spacial score (nSPS) is 16.0. The van der Waals surface area contributed by atoms with Gasteiger partial charge in [0, 0.05) is 18.3 Å². The average molecular weight is 287 g/mol. The van der Waals surface area contributed by atoms with Crippen LogP contribution < -0.4 is 5.32 Å². The second kappa shape index (κ2) is 6.44. The molecule has 0 fully saturated rings. The molecule has 0 radical (unpaired) electrons. The molecule has 4 heteroatoms. The molecule has 2 N–H and O–H groups in total. The van der Waals surface area contributed by atoms with E-state index >= 15 is 0 Å². The summed E-state index contributed by atoms with van der Waals surface area (Å²) in [6, 6.07) is 4.33. The van der Waals surface area contributed by atoms with Crippen molar-refractivity contribution >= 4 is 5.82 Å². The summed E-state index contributed by atoms with van der Waals surface area (Å²) in [6.07, 6.45) is 5.02. The van der Waals surface area contributed by atoms with Gasteiger partial charge in [-0.3, -0.25) is 0 Å². The van der Waals surface area contributed by atoms with Gasteiger partial charge in [-0.05, 0) is 49.1 Å². The molecule has 0 aromatic carbocycles. The molecule has 1 aliphatic rings. The lowest BCUT2D eigenvalue weighted by atomic mass is 9.84. The zero-order valence-corrected chi connectivity index (χ0v) is 13.2. The van der Waals surface area contributed by atoms with E-state index in [-0.39, 0.29) is 18.1 Å². The van der Waals surface area contributed by atoms with Gasteiger partial charge in [0.25, 0.3) is 0 Å². The van der Waals surface area contributed by atoms with Crippen LogP contribution in [0.25, 0.3) is 0 Å². The largest absolute Gasteiger partial charge is 0.396 e. The summed E-state index contributed by atoms with van der Waals surface area (Å²) in [4.78, 5) is 4.70. The third kappa shape index (κ3) is 3.74. The van der Waals surface area contributed by atoms with Crippen LogP contribution in [0.4, 0.5) is 5.82 Å². The number of nitrogens with zero attached hydrogens (tertiary/aromatic N) is 2. The molecule has 1 aliphatic carbocycles. The summed E-state index contributed by atoms with van der Waals surface area (Å²) in [5.41, 5.74) is 2.95. The molecule has 0 aliphatic heterocycles. The minimum absolute atomic E-state index is 0.00691. The van der Waals surface area contributed by atoms with Gasteiger partial charge in [0.1, 0.15) is 11.9 Å². The first kappa shape index (κ1) is 15.8. The highest BCUT2D eigenvalue weighted by molar-refractivity contribution is 5.55. The number of nitrogens with one attached hydrogen (secondary N) is 1. The van der Waals surface area contributed by atoms with Crippen LogP contribution in [0.3, 0.4) is 0 Å². The summed E-state index contributed by atoms with van der Waals surface area (Å²) < 4.78 is 0. The van der Waals surface area contributed by atoms with Crippen molar-refractivity contribution in [3.05, 3.63) is 22.9 Å². The maximum absolute atomic E-state index is 9.39. The number of pyridine rings is 1. The fourth-order valence-corrected chi connectivity index (χ4v) is 2.84. The lowest BCUT2D eigenvalue weighted by molar-refractivity contribution is 0.235. The number of rotatable bonds is 4. The number of anilines is 1. The monoisotopic (exact) mass is 287 g/mol. The van der Waals surface area contributed by atoms with Crippen LogP contribution >= 0.6 is 0 Å². The summed E-state index contributed by atoms with van der Waals surface area (Å²) >= 11 is 0. The molecule has 0 amide bonds. The number of aryl methyl sites for hydroxylation is 2. The summed E-state index contributed by atoms with van der Waals surface area (Å²) in [5.74, 6) is 0.673. The summed E-state index contributed by atoms with van der Waals surface area (Å²) in [6.45, 7) is 6.52. The molecule has 0 bridgehead atoms. The second-order valence-electron chi connectivity index (χ2n) is 6.88. The van der Waals surface area contributed by atoms with E-state index in [0.29, 0.717) is 17.8 Å². The van der Waals surface area contributed by atoms with Gasteiger partial charge < -0.3 is 10.4 Å². The first-order chi connectivity index (χ1) is 9.95. The summed E-state index contributed by atoms with van der Waals surface area (Å²) in [5, 5.41) is 22.1. The van der Waals surface area contributed by atoms with Crippen molar-refractivity contribution < 1.29 is 5.11 Å². The highest BCUT2D eigenvalue weighted by Crippen LogP contribution is 2.29. The van der Waals surface area contributed by atoms with Crippen LogP contribution in [0.2, 0.25) is 0 Å². The lowest BCUT2D eigenvalue weighted by Gasteiger charge is -2.32. The molecule has 114 valence electrons. The molecule has 0 saturated carbocycles. The van der Waals surface area contributed by atoms with E-state index < -0.39 is 0 Å². The van der Waals surface area contributed by atoms with Gasteiger partial charge in [0.05, 0.1) is 5.56 Å². The molecule has 1 unspecified atom stereocenters. The second-order valence-corrected chi connectivity index (χ2v) is 6.88. The molecule has 1 aromatic rings. The van der Waals surface area contributed by atoms with Crippen molar-refractivity contribution in [3.8, 4) is 6.07 Å². The Morgan fingerprint density at radius 1 is 1.38 bits per heavy atom. The Balaban J connectivity index is 2.32. The molecule has 1 atom stereocenters. The molecule has 0 saturated heterocycles. The highest BCUT2D eigenvalue weighted by Gasteiger charge is 2.26. The van der Waals surface area contributed by atoms with Crippen molar-refractivity contribution in [2.24, 2.45) is 5.41 Å². The molecule has 21 heavy (non-hydrogen) atoms. The van der Waals surface area contributed by atoms with E-state index in [4.69, 9.17) is 4.98 Å². The van der Waals surface area contributed by atoms with E-state index in [1.165, 1.54) is 18.4 Å². The quantitative estimate of drug-likeness (QED) is 0.893. The van der Waals surface area contributed by atoms with Crippen molar-refractivity contribution in [2.75, 3.05) is 11.9 Å². The number of aliphatic hydroxyl groups excluding tert-OH is 1. The smallest absolute Gasteiger partial charge is 0.144 e. The van der Waals surface area contributed by atoms with Gasteiger partial charge in [-0.25, -0.2) is 4.98 Å². The fourth-order valence-electron chi connectivity index (χ4n) is 2.84. The molecular formula is C17H25N3O. The summed E-state index contributed by atoms with van der Waals surface area (Å²) in [7, 11) is 0. The van der Waals surface area contributed by atoms with Crippen LogP contribution in [0.15, 0.2) is 6.07 Å². The minimum atomic E-state index is -0.00691. The van der Waals surface area contributed by atoms with E-state index in [9.17, 15) is 10.4 Å². The number of nitriles is 1. The fraction of sp³-hybridized carbons (Fsp3) is 0.647. The third-order valence-electron chi connectivity index (χ3n) is 4.20. The molecule has 1 aromatic heterocycles. The Hall–Kier alpha value is -1.60. The van der Waals surface area contributed by atoms with Crippen molar-refractivity contribution in [1.29, 1.82) is 5.26 Å². The SMILES string of the molecule is CC(C)(C)C(CCO)Nc1nc2c(cc1C#N)CCCC2. The maximum atomic E-state index is 9.39. The van der Waals surface area contributed by atoms with Gasteiger partial charge in [0.2, 0.25) is 0 Å².